The molecule has 3 aromatic carbocycles. The van der Waals surface area contributed by atoms with Gasteiger partial charge in [-0.2, -0.15) is 0 Å². The van der Waals surface area contributed by atoms with Crippen molar-refractivity contribution in [3.63, 3.8) is 0 Å². The average molecular weight is 531 g/mol. The number of halogens is 1. The summed E-state index contributed by atoms with van der Waals surface area (Å²) >= 11 is 6.25. The monoisotopic (exact) mass is 530 g/mol. The van der Waals surface area contributed by atoms with Gasteiger partial charge in [-0.15, -0.1) is 0 Å². The highest BCUT2D eigenvalue weighted by Crippen LogP contribution is 2.38. The molecular formula is C29H31ClN6O2. The van der Waals surface area contributed by atoms with Crippen molar-refractivity contribution in [2.75, 3.05) is 56.9 Å². The van der Waals surface area contributed by atoms with Gasteiger partial charge in [-0.05, 0) is 43.9 Å². The Kier molecular flexibility index (Phi) is 8.45. The molecule has 0 saturated carbocycles. The van der Waals surface area contributed by atoms with Crippen molar-refractivity contribution < 1.29 is 9.53 Å². The SMILES string of the molecule is C=CC(=O)Nc1cc(Nc2ncc3cccc(-c4cccc(Cl)c4)c3n2)c(OC)cc1N(C)CCN(C)C. The predicted octanol–water partition coefficient (Wildman–Crippen LogP) is 5.82. The molecule has 0 saturated heterocycles. The zero-order chi connectivity index (χ0) is 27.2. The minimum Gasteiger partial charge on any atom is -0.494 e. The second-order valence-corrected chi connectivity index (χ2v) is 9.50. The molecule has 4 rings (SSSR count). The molecule has 0 spiro atoms. The van der Waals surface area contributed by atoms with Crippen LogP contribution in [0.25, 0.3) is 22.0 Å². The van der Waals surface area contributed by atoms with E-state index in [0.717, 1.165) is 40.8 Å². The molecular weight excluding hydrogens is 500 g/mol. The fourth-order valence-electron chi connectivity index (χ4n) is 4.03. The van der Waals surface area contributed by atoms with Crippen molar-refractivity contribution in [2.24, 2.45) is 0 Å². The topological polar surface area (TPSA) is 82.6 Å². The lowest BCUT2D eigenvalue weighted by molar-refractivity contribution is -0.111. The highest BCUT2D eigenvalue weighted by atomic mass is 35.5. The van der Waals surface area contributed by atoms with Crippen LogP contribution < -0.4 is 20.3 Å². The van der Waals surface area contributed by atoms with E-state index >= 15 is 0 Å². The van der Waals surface area contributed by atoms with E-state index < -0.39 is 0 Å². The molecule has 2 N–H and O–H groups in total. The summed E-state index contributed by atoms with van der Waals surface area (Å²) < 4.78 is 5.71. The number of hydrogen-bond donors (Lipinski definition) is 2. The first-order valence-corrected chi connectivity index (χ1v) is 12.5. The number of aromatic nitrogens is 2. The molecule has 0 aliphatic heterocycles. The average Bonchev–Trinajstić information content (AvgIpc) is 2.91. The molecule has 0 fully saturated rings. The van der Waals surface area contributed by atoms with Gasteiger partial charge in [-0.3, -0.25) is 4.79 Å². The van der Waals surface area contributed by atoms with E-state index in [2.05, 4.69) is 32.0 Å². The fraction of sp³-hybridized carbons (Fsp3) is 0.207. The van der Waals surface area contributed by atoms with Crippen LogP contribution in [0.1, 0.15) is 0 Å². The summed E-state index contributed by atoms with van der Waals surface area (Å²) in [7, 11) is 7.61. The molecule has 1 aromatic heterocycles. The molecule has 0 aliphatic carbocycles. The lowest BCUT2D eigenvalue weighted by atomic mass is 10.0. The van der Waals surface area contributed by atoms with Crippen molar-refractivity contribution >= 4 is 51.4 Å². The maximum absolute atomic E-state index is 12.2. The Bertz CT molecular complexity index is 1470. The number of fused-ring (bicyclic) bond motifs is 1. The highest BCUT2D eigenvalue weighted by molar-refractivity contribution is 6.30. The first kappa shape index (κ1) is 26.9. The van der Waals surface area contributed by atoms with Crippen LogP contribution in [0.4, 0.5) is 23.0 Å². The number of para-hydroxylation sites is 1. The molecule has 8 nitrogen and oxygen atoms in total. The number of nitrogens with one attached hydrogen (secondary N) is 2. The number of nitrogens with zero attached hydrogens (tertiary/aromatic N) is 4. The van der Waals surface area contributed by atoms with Gasteiger partial charge < -0.3 is 25.2 Å². The maximum Gasteiger partial charge on any atom is 0.247 e. The highest BCUT2D eigenvalue weighted by Gasteiger charge is 2.17. The van der Waals surface area contributed by atoms with Gasteiger partial charge in [0, 0.05) is 48.4 Å². The number of ether oxygens (including phenoxy) is 1. The smallest absolute Gasteiger partial charge is 0.247 e. The first-order chi connectivity index (χ1) is 18.3. The van der Waals surface area contributed by atoms with Gasteiger partial charge in [0.25, 0.3) is 0 Å². The number of likely N-dealkylation sites (N-methyl/N-ethyl adjacent to an activating group) is 2. The molecule has 9 heteroatoms. The van der Waals surface area contributed by atoms with Crippen LogP contribution in [0.5, 0.6) is 5.75 Å². The van der Waals surface area contributed by atoms with Crippen molar-refractivity contribution in [3.05, 3.63) is 78.5 Å². The predicted molar refractivity (Wildman–Crippen MR) is 157 cm³/mol. The van der Waals surface area contributed by atoms with Crippen LogP contribution in [0.15, 0.2) is 73.4 Å². The summed E-state index contributed by atoms with van der Waals surface area (Å²) in [6.07, 6.45) is 3.01. The number of methoxy groups -OCH3 is 1. The third-order valence-electron chi connectivity index (χ3n) is 6.05. The van der Waals surface area contributed by atoms with Gasteiger partial charge in [-0.25, -0.2) is 9.97 Å². The number of anilines is 4. The molecule has 0 radical (unpaired) electrons. The van der Waals surface area contributed by atoms with Crippen molar-refractivity contribution in [1.29, 1.82) is 0 Å². The van der Waals surface area contributed by atoms with E-state index in [9.17, 15) is 4.79 Å². The molecule has 38 heavy (non-hydrogen) atoms. The zero-order valence-electron chi connectivity index (χ0n) is 22.0. The maximum atomic E-state index is 12.2. The van der Waals surface area contributed by atoms with Gasteiger partial charge in [-0.1, -0.05) is 48.5 Å². The molecule has 4 aromatic rings. The van der Waals surface area contributed by atoms with E-state index in [1.807, 2.05) is 75.7 Å². The summed E-state index contributed by atoms with van der Waals surface area (Å²) in [5.74, 6) is 0.664. The number of hydrogen-bond acceptors (Lipinski definition) is 7. The Labute approximate surface area is 227 Å². The van der Waals surface area contributed by atoms with E-state index in [1.54, 1.807) is 13.3 Å². The summed E-state index contributed by atoms with van der Waals surface area (Å²) in [6, 6.07) is 17.3. The van der Waals surface area contributed by atoms with Gasteiger partial charge in [0.1, 0.15) is 5.75 Å². The van der Waals surface area contributed by atoms with Crippen LogP contribution in [0, 0.1) is 0 Å². The normalized spacial score (nSPS) is 10.9. The first-order valence-electron chi connectivity index (χ1n) is 12.1. The second-order valence-electron chi connectivity index (χ2n) is 9.06. The molecule has 0 aliphatic rings. The molecule has 0 bridgehead atoms. The fourth-order valence-corrected chi connectivity index (χ4v) is 4.22. The third-order valence-corrected chi connectivity index (χ3v) is 6.28. The van der Waals surface area contributed by atoms with E-state index in [1.165, 1.54) is 6.08 Å². The van der Waals surface area contributed by atoms with Gasteiger partial charge in [0.2, 0.25) is 11.9 Å². The minimum absolute atomic E-state index is 0.309. The van der Waals surface area contributed by atoms with Crippen molar-refractivity contribution in [3.8, 4) is 16.9 Å². The standard InChI is InChI=1S/C29H31ClN6O2/c1-6-27(37)32-23-16-24(26(38-5)17-25(23)36(4)14-13-35(2)3)33-29-31-18-20-10-8-12-22(28(20)34-29)19-9-7-11-21(30)15-19/h6-12,15-18H,1,13-14H2,2-5H3,(H,32,37)(H,31,33,34). The Morgan fingerprint density at radius 2 is 1.87 bits per heavy atom. The van der Waals surface area contributed by atoms with E-state index in [-0.39, 0.29) is 5.91 Å². The van der Waals surface area contributed by atoms with Crippen molar-refractivity contribution in [2.45, 2.75) is 0 Å². The van der Waals surface area contributed by atoms with Gasteiger partial charge in [0.15, 0.2) is 0 Å². The Morgan fingerprint density at radius 1 is 1.08 bits per heavy atom. The summed E-state index contributed by atoms with van der Waals surface area (Å²) in [5, 5.41) is 7.74. The molecule has 0 atom stereocenters. The quantitative estimate of drug-likeness (QED) is 0.250. The van der Waals surface area contributed by atoms with Crippen LogP contribution in [0.2, 0.25) is 5.02 Å². The molecule has 196 valence electrons. The van der Waals surface area contributed by atoms with Crippen LogP contribution in [-0.4, -0.2) is 62.1 Å². The molecule has 1 heterocycles. The number of amides is 1. The summed E-state index contributed by atoms with van der Waals surface area (Å²) in [6.45, 7) is 5.17. The minimum atomic E-state index is -0.309. The third kappa shape index (κ3) is 6.22. The number of rotatable bonds is 10. The van der Waals surface area contributed by atoms with E-state index in [4.69, 9.17) is 21.3 Å². The Morgan fingerprint density at radius 3 is 2.58 bits per heavy atom. The van der Waals surface area contributed by atoms with Crippen LogP contribution in [-0.2, 0) is 4.79 Å². The summed E-state index contributed by atoms with van der Waals surface area (Å²) in [5.41, 5.74) is 4.72. The van der Waals surface area contributed by atoms with Gasteiger partial charge in [0.05, 0.1) is 29.7 Å². The molecule has 1 amide bonds. The van der Waals surface area contributed by atoms with Gasteiger partial charge >= 0.3 is 0 Å². The van der Waals surface area contributed by atoms with Crippen LogP contribution in [0.3, 0.4) is 0 Å². The number of carbonyl (C=O) groups excluding carboxylic acids is 1. The van der Waals surface area contributed by atoms with Crippen LogP contribution >= 0.6 is 11.6 Å². The Hall–Kier alpha value is -4.14. The Balaban J connectivity index is 1.75. The number of carbonyl (C=O) groups is 1. The molecule has 0 unspecified atom stereocenters. The largest absolute Gasteiger partial charge is 0.494 e. The lowest BCUT2D eigenvalue weighted by Crippen LogP contribution is -2.29. The second kappa shape index (κ2) is 11.9. The number of benzene rings is 3. The lowest BCUT2D eigenvalue weighted by Gasteiger charge is -2.26. The summed E-state index contributed by atoms with van der Waals surface area (Å²) in [4.78, 5) is 25.8. The zero-order valence-corrected chi connectivity index (χ0v) is 22.7. The van der Waals surface area contributed by atoms with E-state index in [0.29, 0.717) is 28.1 Å². The van der Waals surface area contributed by atoms with Crippen molar-refractivity contribution in [1.82, 2.24) is 14.9 Å².